The number of hydrogen-bond acceptors (Lipinski definition) is 3. The van der Waals surface area contributed by atoms with E-state index in [4.69, 9.17) is 4.74 Å². The van der Waals surface area contributed by atoms with Gasteiger partial charge in [-0.2, -0.15) is 0 Å². The van der Waals surface area contributed by atoms with Gasteiger partial charge in [0.2, 0.25) is 0 Å². The summed E-state index contributed by atoms with van der Waals surface area (Å²) in [4.78, 5) is 4.21. The van der Waals surface area contributed by atoms with Gasteiger partial charge in [0.25, 0.3) is 0 Å². The van der Waals surface area contributed by atoms with Crippen LogP contribution in [0.25, 0.3) is 0 Å². The molecule has 1 atom stereocenters. The van der Waals surface area contributed by atoms with E-state index >= 15 is 0 Å². The zero-order chi connectivity index (χ0) is 12.7. The number of hydrogen-bond donors (Lipinski definition) is 1. The fourth-order valence-corrected chi connectivity index (χ4v) is 1.60. The van der Waals surface area contributed by atoms with Crippen LogP contribution >= 0.6 is 0 Å². The Hall–Kier alpha value is -1.09. The molecule has 1 N–H and O–H groups in total. The molecule has 3 heteroatoms. The first kappa shape index (κ1) is 14.0. The van der Waals surface area contributed by atoms with Crippen molar-refractivity contribution < 1.29 is 4.74 Å². The molecule has 0 spiro atoms. The van der Waals surface area contributed by atoms with Crippen molar-refractivity contribution in [3.8, 4) is 5.75 Å². The fourth-order valence-electron chi connectivity index (χ4n) is 1.60. The van der Waals surface area contributed by atoms with E-state index < -0.39 is 0 Å². The minimum Gasteiger partial charge on any atom is -0.489 e. The highest BCUT2D eigenvalue weighted by Gasteiger charge is 2.04. The summed E-state index contributed by atoms with van der Waals surface area (Å²) in [5.41, 5.74) is 1.02. The molecule has 0 saturated carbocycles. The normalized spacial score (nSPS) is 12.8. The van der Waals surface area contributed by atoms with Gasteiger partial charge < -0.3 is 10.1 Å². The Balaban J connectivity index is 2.20. The van der Waals surface area contributed by atoms with Crippen molar-refractivity contribution in [3.05, 3.63) is 24.0 Å². The minimum atomic E-state index is 0.244. The molecule has 0 aliphatic heterocycles. The van der Waals surface area contributed by atoms with Crippen molar-refractivity contribution in [3.63, 3.8) is 0 Å². The lowest BCUT2D eigenvalue weighted by molar-refractivity contribution is 0.206. The van der Waals surface area contributed by atoms with Gasteiger partial charge in [-0.25, -0.2) is 0 Å². The molecule has 0 saturated heterocycles. The summed E-state index contributed by atoms with van der Waals surface area (Å²) in [5.74, 6) is 0.861. The van der Waals surface area contributed by atoms with Gasteiger partial charge in [0.15, 0.2) is 0 Å². The Morgan fingerprint density at radius 1 is 1.29 bits per heavy atom. The predicted octanol–water partition coefficient (Wildman–Crippen LogP) is 2.94. The molecular formula is C14H24N2O. The molecule has 1 aromatic heterocycles. The molecule has 1 heterocycles. The molecule has 1 aromatic rings. The Morgan fingerprint density at radius 3 is 2.65 bits per heavy atom. The molecule has 0 aliphatic carbocycles. The summed E-state index contributed by atoms with van der Waals surface area (Å²) in [6.07, 6.45) is 4.23. The summed E-state index contributed by atoms with van der Waals surface area (Å²) in [6, 6.07) is 4.51. The summed E-state index contributed by atoms with van der Waals surface area (Å²) < 4.78 is 5.79. The fraction of sp³-hybridized carbons (Fsp3) is 0.643. The Morgan fingerprint density at radius 2 is 2.06 bits per heavy atom. The molecule has 0 aliphatic rings. The average molecular weight is 236 g/mol. The monoisotopic (exact) mass is 236 g/mol. The largest absolute Gasteiger partial charge is 0.489 e. The van der Waals surface area contributed by atoms with Crippen LogP contribution in [0, 0.1) is 6.92 Å². The Kier molecular flexibility index (Phi) is 5.98. The van der Waals surface area contributed by atoms with E-state index in [1.807, 2.05) is 19.1 Å². The highest BCUT2D eigenvalue weighted by atomic mass is 16.5. The molecule has 1 rings (SSSR count). The van der Waals surface area contributed by atoms with Crippen molar-refractivity contribution >= 4 is 0 Å². The molecule has 96 valence electrons. The lowest BCUT2D eigenvalue weighted by Gasteiger charge is -2.15. The standard InChI is InChI=1S/C14H24N2O/c1-11(2)15-9-5-6-13(4)17-14-8-7-12(3)16-10-14/h7-8,10-11,13,15H,5-6,9H2,1-4H3. The first-order valence-corrected chi connectivity index (χ1v) is 6.40. The van der Waals surface area contributed by atoms with E-state index in [-0.39, 0.29) is 6.10 Å². The average Bonchev–Trinajstić information content (AvgIpc) is 2.27. The van der Waals surface area contributed by atoms with Gasteiger partial charge in [-0.1, -0.05) is 13.8 Å². The van der Waals surface area contributed by atoms with Crippen LogP contribution in [-0.2, 0) is 0 Å². The maximum absolute atomic E-state index is 5.79. The third-order valence-electron chi connectivity index (χ3n) is 2.56. The summed E-state index contributed by atoms with van der Waals surface area (Å²) in [5, 5.41) is 3.40. The van der Waals surface area contributed by atoms with Crippen molar-refractivity contribution in [1.82, 2.24) is 10.3 Å². The third-order valence-corrected chi connectivity index (χ3v) is 2.56. The van der Waals surface area contributed by atoms with Gasteiger partial charge in [0, 0.05) is 11.7 Å². The zero-order valence-corrected chi connectivity index (χ0v) is 11.4. The molecule has 0 fully saturated rings. The highest BCUT2D eigenvalue weighted by molar-refractivity contribution is 5.19. The van der Waals surface area contributed by atoms with Gasteiger partial charge in [0.1, 0.15) is 5.75 Å². The van der Waals surface area contributed by atoms with Crippen LogP contribution in [0.15, 0.2) is 18.3 Å². The summed E-state index contributed by atoms with van der Waals surface area (Å²) >= 11 is 0. The molecule has 0 amide bonds. The lowest BCUT2D eigenvalue weighted by atomic mass is 10.2. The van der Waals surface area contributed by atoms with Crippen LogP contribution in [0.3, 0.4) is 0 Å². The van der Waals surface area contributed by atoms with Crippen LogP contribution in [0.2, 0.25) is 0 Å². The maximum atomic E-state index is 5.79. The molecule has 17 heavy (non-hydrogen) atoms. The lowest BCUT2D eigenvalue weighted by Crippen LogP contribution is -2.25. The van der Waals surface area contributed by atoms with Crippen LogP contribution in [0.5, 0.6) is 5.75 Å². The predicted molar refractivity (Wildman–Crippen MR) is 71.4 cm³/mol. The maximum Gasteiger partial charge on any atom is 0.138 e. The van der Waals surface area contributed by atoms with Crippen molar-refractivity contribution in [2.75, 3.05) is 6.54 Å². The molecule has 3 nitrogen and oxygen atoms in total. The smallest absolute Gasteiger partial charge is 0.138 e. The van der Waals surface area contributed by atoms with Crippen molar-refractivity contribution in [2.24, 2.45) is 0 Å². The molecule has 1 unspecified atom stereocenters. The van der Waals surface area contributed by atoms with E-state index in [2.05, 4.69) is 31.1 Å². The van der Waals surface area contributed by atoms with Gasteiger partial charge in [-0.05, 0) is 45.4 Å². The number of aromatic nitrogens is 1. The second-order valence-corrected chi connectivity index (χ2v) is 4.81. The molecule has 0 aromatic carbocycles. The zero-order valence-electron chi connectivity index (χ0n) is 11.4. The van der Waals surface area contributed by atoms with E-state index in [1.165, 1.54) is 0 Å². The number of ether oxygens (including phenoxy) is 1. The van der Waals surface area contributed by atoms with E-state index in [0.717, 1.165) is 30.8 Å². The highest BCUT2D eigenvalue weighted by Crippen LogP contribution is 2.12. The van der Waals surface area contributed by atoms with Crippen LogP contribution < -0.4 is 10.1 Å². The second kappa shape index (κ2) is 7.28. The second-order valence-electron chi connectivity index (χ2n) is 4.81. The minimum absolute atomic E-state index is 0.244. The topological polar surface area (TPSA) is 34.1 Å². The van der Waals surface area contributed by atoms with Gasteiger partial charge in [-0.3, -0.25) is 4.98 Å². The molecular weight excluding hydrogens is 212 g/mol. The van der Waals surface area contributed by atoms with E-state index in [9.17, 15) is 0 Å². The first-order valence-electron chi connectivity index (χ1n) is 6.40. The van der Waals surface area contributed by atoms with E-state index in [0.29, 0.717) is 6.04 Å². The van der Waals surface area contributed by atoms with E-state index in [1.54, 1.807) is 6.20 Å². The quantitative estimate of drug-likeness (QED) is 0.739. The number of rotatable bonds is 7. The van der Waals surface area contributed by atoms with Crippen LogP contribution in [0.4, 0.5) is 0 Å². The van der Waals surface area contributed by atoms with Gasteiger partial charge in [0.05, 0.1) is 12.3 Å². The SMILES string of the molecule is Cc1ccc(OC(C)CCCNC(C)C)cn1. The summed E-state index contributed by atoms with van der Waals surface area (Å²) in [7, 11) is 0. The number of nitrogens with zero attached hydrogens (tertiary/aromatic N) is 1. The molecule has 0 radical (unpaired) electrons. The van der Waals surface area contributed by atoms with Crippen LogP contribution in [-0.4, -0.2) is 23.7 Å². The Labute approximate surface area is 105 Å². The number of pyridine rings is 1. The Bertz CT molecular complexity index is 309. The number of nitrogens with one attached hydrogen (secondary N) is 1. The first-order chi connectivity index (χ1) is 8.08. The van der Waals surface area contributed by atoms with Gasteiger partial charge in [-0.15, -0.1) is 0 Å². The van der Waals surface area contributed by atoms with Crippen molar-refractivity contribution in [1.29, 1.82) is 0 Å². The third kappa shape index (κ3) is 6.27. The van der Waals surface area contributed by atoms with Crippen molar-refractivity contribution in [2.45, 2.75) is 52.7 Å². The number of aryl methyl sites for hydroxylation is 1. The van der Waals surface area contributed by atoms with Crippen LogP contribution in [0.1, 0.15) is 39.3 Å². The van der Waals surface area contributed by atoms with Gasteiger partial charge >= 0.3 is 0 Å². The molecule has 0 bridgehead atoms. The summed E-state index contributed by atoms with van der Waals surface area (Å²) in [6.45, 7) is 9.47.